The second kappa shape index (κ2) is 8.21. The van der Waals surface area contributed by atoms with Crippen LogP contribution in [0.2, 0.25) is 0 Å². The van der Waals surface area contributed by atoms with Crippen molar-refractivity contribution >= 4 is 23.2 Å². The second-order valence-corrected chi connectivity index (χ2v) is 9.31. The molecular weight excluding hydrogens is 458 g/mol. The van der Waals surface area contributed by atoms with E-state index in [1.54, 1.807) is 27.1 Å². The standard InChI is InChI=1S/C24H27N3O8/c1-9(26-35-4)11-5-6-14(28)16-12(11)7-10-8-13-18(27(2)3)20(30)17(23(25)33)22(32)24(13,34)21(31)15(10)19(16)29/h5-6,10,13,18,28,30-31,34H,7-8H2,1-4H3,(H2,25,33)/b26-9+/t10-,13-,18-,24-/m0/s1. The zero-order valence-electron chi connectivity index (χ0n) is 19.7. The van der Waals surface area contributed by atoms with E-state index < -0.39 is 58.0 Å². The van der Waals surface area contributed by atoms with Gasteiger partial charge in [-0.15, -0.1) is 0 Å². The molecule has 3 aliphatic carbocycles. The van der Waals surface area contributed by atoms with Gasteiger partial charge in [-0.2, -0.15) is 0 Å². The van der Waals surface area contributed by atoms with E-state index in [0.717, 1.165) is 0 Å². The number of amides is 1. The third kappa shape index (κ3) is 3.26. The summed E-state index contributed by atoms with van der Waals surface area (Å²) < 4.78 is 0. The largest absolute Gasteiger partial charge is 0.510 e. The Balaban J connectivity index is 1.97. The van der Waals surface area contributed by atoms with Crippen LogP contribution >= 0.6 is 0 Å². The number of aromatic hydroxyl groups is 1. The van der Waals surface area contributed by atoms with Crippen molar-refractivity contribution in [3.8, 4) is 5.75 Å². The average Bonchev–Trinajstić information content (AvgIpc) is 2.76. The molecule has 11 nitrogen and oxygen atoms in total. The van der Waals surface area contributed by atoms with Crippen LogP contribution < -0.4 is 5.73 Å². The van der Waals surface area contributed by atoms with Crippen LogP contribution in [0.5, 0.6) is 5.75 Å². The fourth-order valence-electron chi connectivity index (χ4n) is 5.78. The van der Waals surface area contributed by atoms with Gasteiger partial charge in [-0.1, -0.05) is 5.16 Å². The zero-order chi connectivity index (χ0) is 26.0. The first kappa shape index (κ1) is 24.4. The molecule has 0 heterocycles. The lowest BCUT2D eigenvalue weighted by Crippen LogP contribution is -2.63. The number of hydrogen-bond donors (Lipinski definition) is 5. The molecule has 6 N–H and O–H groups in total. The summed E-state index contributed by atoms with van der Waals surface area (Å²) in [6.07, 6.45) is 0.191. The van der Waals surface area contributed by atoms with Crippen molar-refractivity contribution in [2.75, 3.05) is 21.2 Å². The number of carbonyl (C=O) groups excluding carboxylic acids is 3. The number of Topliss-reactive ketones (excluding diaryl/α,β-unsaturated/α-hetero) is 2. The molecule has 4 atom stereocenters. The predicted molar refractivity (Wildman–Crippen MR) is 123 cm³/mol. The lowest BCUT2D eigenvalue weighted by atomic mass is 9.58. The molecule has 0 spiro atoms. The Morgan fingerprint density at radius 2 is 1.89 bits per heavy atom. The summed E-state index contributed by atoms with van der Waals surface area (Å²) in [5.41, 5.74) is 3.05. The van der Waals surface area contributed by atoms with E-state index in [0.29, 0.717) is 16.8 Å². The maximum absolute atomic E-state index is 13.6. The van der Waals surface area contributed by atoms with E-state index in [4.69, 9.17) is 10.6 Å². The Labute approximate surface area is 200 Å². The molecule has 0 radical (unpaired) electrons. The minimum absolute atomic E-state index is 0.0152. The molecule has 0 bridgehead atoms. The van der Waals surface area contributed by atoms with Crippen molar-refractivity contribution in [2.24, 2.45) is 22.7 Å². The van der Waals surface area contributed by atoms with Gasteiger partial charge in [-0.25, -0.2) is 0 Å². The number of allylic oxidation sites excluding steroid dienone is 1. The number of carbonyl (C=O) groups is 3. The summed E-state index contributed by atoms with van der Waals surface area (Å²) in [5.74, 6) is -6.86. The minimum Gasteiger partial charge on any atom is -0.510 e. The molecule has 0 unspecified atom stereocenters. The van der Waals surface area contributed by atoms with Crippen LogP contribution in [-0.2, 0) is 20.8 Å². The van der Waals surface area contributed by atoms with Gasteiger partial charge in [0.25, 0.3) is 5.91 Å². The number of primary amides is 1. The molecule has 0 aliphatic heterocycles. The number of nitrogens with two attached hydrogens (primary N) is 1. The van der Waals surface area contributed by atoms with Gasteiger partial charge in [-0.05, 0) is 57.5 Å². The van der Waals surface area contributed by atoms with E-state index >= 15 is 0 Å². The van der Waals surface area contributed by atoms with Crippen LogP contribution in [0, 0.1) is 11.8 Å². The molecule has 1 aromatic carbocycles. The lowest BCUT2D eigenvalue weighted by Gasteiger charge is -2.50. The molecule has 0 fully saturated rings. The van der Waals surface area contributed by atoms with E-state index in [2.05, 4.69) is 5.16 Å². The fourth-order valence-corrected chi connectivity index (χ4v) is 5.78. The molecule has 0 saturated heterocycles. The Morgan fingerprint density at radius 3 is 2.46 bits per heavy atom. The van der Waals surface area contributed by atoms with Crippen LogP contribution in [0.15, 0.2) is 40.0 Å². The SMILES string of the molecule is CO/N=C(\C)c1ccc(O)c2c1C[C@H]1C[C@H]3[C@H](N(C)C)C(O)=C(C(N)=O)C(=O)[C@@]3(O)C(O)=C1C2=O. The molecule has 0 aromatic heterocycles. The number of aliphatic hydroxyl groups excluding tert-OH is 2. The van der Waals surface area contributed by atoms with Crippen molar-refractivity contribution in [3.63, 3.8) is 0 Å². The number of likely N-dealkylation sites (N-methyl/N-ethyl adjacent to an activating group) is 1. The van der Waals surface area contributed by atoms with Gasteiger partial charge in [0.1, 0.15) is 30.0 Å². The maximum Gasteiger partial charge on any atom is 0.255 e. The van der Waals surface area contributed by atoms with Gasteiger partial charge < -0.3 is 31.0 Å². The third-order valence-electron chi connectivity index (χ3n) is 7.22. The summed E-state index contributed by atoms with van der Waals surface area (Å²) in [4.78, 5) is 45.2. The highest BCUT2D eigenvalue weighted by molar-refractivity contribution is 6.25. The van der Waals surface area contributed by atoms with Crippen molar-refractivity contribution in [1.29, 1.82) is 0 Å². The molecular formula is C24H27N3O8. The van der Waals surface area contributed by atoms with Gasteiger partial charge in [-0.3, -0.25) is 19.3 Å². The first-order valence-corrected chi connectivity index (χ1v) is 11.0. The average molecular weight is 485 g/mol. The first-order valence-electron chi connectivity index (χ1n) is 11.0. The van der Waals surface area contributed by atoms with E-state index in [1.807, 2.05) is 0 Å². The normalized spacial score (nSPS) is 28.6. The Kier molecular flexibility index (Phi) is 5.73. The smallest absolute Gasteiger partial charge is 0.255 e. The number of hydrogen-bond acceptors (Lipinski definition) is 10. The van der Waals surface area contributed by atoms with E-state index in [9.17, 15) is 34.8 Å². The topological polar surface area (TPSA) is 183 Å². The maximum atomic E-state index is 13.6. The summed E-state index contributed by atoms with van der Waals surface area (Å²) >= 11 is 0. The number of phenolic OH excluding ortho intramolecular Hbond substituents is 1. The van der Waals surface area contributed by atoms with Crippen molar-refractivity contribution in [3.05, 3.63) is 51.5 Å². The first-order chi connectivity index (χ1) is 16.4. The Morgan fingerprint density at radius 1 is 1.23 bits per heavy atom. The summed E-state index contributed by atoms with van der Waals surface area (Å²) in [5, 5.41) is 48.1. The molecule has 35 heavy (non-hydrogen) atoms. The van der Waals surface area contributed by atoms with Crippen LogP contribution in [-0.4, -0.2) is 81.4 Å². The predicted octanol–water partition coefficient (Wildman–Crippen LogP) is 0.491. The van der Waals surface area contributed by atoms with Gasteiger partial charge in [0.05, 0.1) is 17.3 Å². The summed E-state index contributed by atoms with van der Waals surface area (Å²) in [6, 6.07) is 1.88. The fraction of sp³-hybridized carbons (Fsp3) is 0.417. The van der Waals surface area contributed by atoms with Gasteiger partial charge in [0, 0.05) is 17.1 Å². The lowest BCUT2D eigenvalue weighted by molar-refractivity contribution is -0.148. The highest BCUT2D eigenvalue weighted by atomic mass is 16.6. The molecule has 186 valence electrons. The van der Waals surface area contributed by atoms with Gasteiger partial charge in [0.2, 0.25) is 5.78 Å². The number of benzene rings is 1. The van der Waals surface area contributed by atoms with Crippen LogP contribution in [0.4, 0.5) is 0 Å². The van der Waals surface area contributed by atoms with Crippen LogP contribution in [0.1, 0.15) is 34.8 Å². The summed E-state index contributed by atoms with van der Waals surface area (Å²) in [7, 11) is 4.53. The van der Waals surface area contributed by atoms with E-state index in [1.165, 1.54) is 18.1 Å². The number of nitrogens with zero attached hydrogens (tertiary/aromatic N) is 2. The quantitative estimate of drug-likeness (QED) is 0.230. The molecule has 0 saturated carbocycles. The van der Waals surface area contributed by atoms with Crippen LogP contribution in [0.25, 0.3) is 0 Å². The van der Waals surface area contributed by atoms with Gasteiger partial charge >= 0.3 is 0 Å². The van der Waals surface area contributed by atoms with Crippen LogP contribution in [0.3, 0.4) is 0 Å². The molecule has 3 aliphatic rings. The van der Waals surface area contributed by atoms with Gasteiger partial charge in [0.15, 0.2) is 11.4 Å². The Bertz CT molecular complexity index is 1260. The molecule has 1 amide bonds. The zero-order valence-corrected chi connectivity index (χ0v) is 19.7. The number of phenols is 1. The number of oxime groups is 1. The van der Waals surface area contributed by atoms with Crippen molar-refractivity contribution < 1.29 is 39.6 Å². The van der Waals surface area contributed by atoms with Crippen molar-refractivity contribution in [1.82, 2.24) is 4.90 Å². The second-order valence-electron chi connectivity index (χ2n) is 9.31. The third-order valence-corrected chi connectivity index (χ3v) is 7.22. The molecule has 11 heteroatoms. The van der Waals surface area contributed by atoms with E-state index in [-0.39, 0.29) is 29.7 Å². The summed E-state index contributed by atoms with van der Waals surface area (Å²) in [6.45, 7) is 1.68. The number of ketones is 2. The van der Waals surface area contributed by atoms with Crippen molar-refractivity contribution in [2.45, 2.75) is 31.4 Å². The number of rotatable bonds is 4. The highest BCUT2D eigenvalue weighted by Gasteiger charge is 2.63. The minimum atomic E-state index is -2.66. The monoisotopic (exact) mass is 485 g/mol. The highest BCUT2D eigenvalue weighted by Crippen LogP contribution is 2.52. The number of aliphatic hydroxyl groups is 3. The number of fused-ring (bicyclic) bond motifs is 3. The molecule has 4 rings (SSSR count). The Hall–Kier alpha value is -3.70. The molecule has 1 aromatic rings.